The first-order chi connectivity index (χ1) is 15.2. The number of morpholine rings is 1. The minimum atomic E-state index is -3.85. The molecule has 1 amide bonds. The van der Waals surface area contributed by atoms with Crippen molar-refractivity contribution in [2.24, 2.45) is 0 Å². The van der Waals surface area contributed by atoms with Crippen molar-refractivity contribution in [2.75, 3.05) is 26.7 Å². The van der Waals surface area contributed by atoms with Gasteiger partial charge in [-0.1, -0.05) is 23.7 Å². The average Bonchev–Trinajstić information content (AvgIpc) is 2.76. The van der Waals surface area contributed by atoms with Gasteiger partial charge in [0.1, 0.15) is 10.6 Å². The van der Waals surface area contributed by atoms with Gasteiger partial charge in [-0.15, -0.1) is 0 Å². The molecule has 1 fully saturated rings. The highest BCUT2D eigenvalue weighted by Gasteiger charge is 2.33. The molecule has 0 bridgehead atoms. The normalized spacial score (nSPS) is 19.5. The molecule has 0 saturated carbocycles. The smallest absolute Gasteiger partial charge is 0.251 e. The number of nitrogens with one attached hydrogen (secondary N) is 1. The number of benzene rings is 2. The van der Waals surface area contributed by atoms with Gasteiger partial charge < -0.3 is 14.8 Å². The molecule has 2 aromatic carbocycles. The number of ether oxygens (including phenoxy) is 2. The van der Waals surface area contributed by atoms with Crippen LogP contribution in [0.5, 0.6) is 5.75 Å². The molecule has 2 aromatic rings. The van der Waals surface area contributed by atoms with Crippen LogP contribution in [0.25, 0.3) is 0 Å². The molecule has 0 aromatic heterocycles. The zero-order chi connectivity index (χ0) is 23.3. The molecule has 9 heteroatoms. The van der Waals surface area contributed by atoms with Crippen molar-refractivity contribution in [1.29, 1.82) is 0 Å². The molecule has 2 unspecified atom stereocenters. The third kappa shape index (κ3) is 6.01. The summed E-state index contributed by atoms with van der Waals surface area (Å²) in [5, 5.41) is 2.94. The Bertz CT molecular complexity index is 1030. The summed E-state index contributed by atoms with van der Waals surface area (Å²) >= 11 is 6.22. The van der Waals surface area contributed by atoms with Crippen LogP contribution in [0.15, 0.2) is 47.4 Å². The lowest BCUT2D eigenvalue weighted by atomic mass is 10.1. The van der Waals surface area contributed by atoms with Crippen LogP contribution in [0, 0.1) is 0 Å². The summed E-state index contributed by atoms with van der Waals surface area (Å²) in [6.45, 7) is 4.61. The predicted octanol–water partition coefficient (Wildman–Crippen LogP) is 3.51. The number of hydrogen-bond donors (Lipinski definition) is 1. The van der Waals surface area contributed by atoms with Gasteiger partial charge in [-0.2, -0.15) is 4.31 Å². The van der Waals surface area contributed by atoms with Gasteiger partial charge in [0.05, 0.1) is 24.3 Å². The van der Waals surface area contributed by atoms with Crippen LogP contribution in [-0.2, 0) is 21.2 Å². The summed E-state index contributed by atoms with van der Waals surface area (Å²) in [7, 11) is -2.23. The number of methoxy groups -OCH3 is 1. The van der Waals surface area contributed by atoms with Crippen LogP contribution in [0.2, 0.25) is 5.02 Å². The van der Waals surface area contributed by atoms with Gasteiger partial charge in [-0.05, 0) is 62.6 Å². The zero-order valence-electron chi connectivity index (χ0n) is 18.5. The Morgan fingerprint density at radius 2 is 1.81 bits per heavy atom. The third-order valence-corrected chi connectivity index (χ3v) is 7.60. The fourth-order valence-electron chi connectivity index (χ4n) is 3.70. The van der Waals surface area contributed by atoms with Gasteiger partial charge >= 0.3 is 0 Å². The Hall–Kier alpha value is -2.13. The third-order valence-electron chi connectivity index (χ3n) is 5.28. The molecule has 3 rings (SSSR count). The van der Waals surface area contributed by atoms with E-state index in [1.165, 1.54) is 22.5 Å². The summed E-state index contributed by atoms with van der Waals surface area (Å²) in [5.41, 5.74) is 1.40. The number of aryl methyl sites for hydroxylation is 1. The molecule has 1 N–H and O–H groups in total. The average molecular weight is 481 g/mol. The largest absolute Gasteiger partial charge is 0.497 e. The first kappa shape index (κ1) is 24.5. The van der Waals surface area contributed by atoms with Crippen LogP contribution in [0.4, 0.5) is 0 Å². The van der Waals surface area contributed by atoms with Crippen LogP contribution in [0.1, 0.15) is 36.2 Å². The second-order valence-corrected chi connectivity index (χ2v) is 10.2. The molecular weight excluding hydrogens is 452 g/mol. The Kier molecular flexibility index (Phi) is 8.16. The Balaban J connectivity index is 1.63. The van der Waals surface area contributed by atoms with E-state index in [-0.39, 0.29) is 46.7 Å². The number of halogens is 1. The van der Waals surface area contributed by atoms with Crippen molar-refractivity contribution in [2.45, 2.75) is 43.8 Å². The van der Waals surface area contributed by atoms with Crippen molar-refractivity contribution in [3.63, 3.8) is 0 Å². The number of carbonyl (C=O) groups is 1. The molecule has 1 aliphatic rings. The number of rotatable bonds is 8. The van der Waals surface area contributed by atoms with E-state index in [1.54, 1.807) is 7.11 Å². The highest BCUT2D eigenvalue weighted by molar-refractivity contribution is 7.89. The van der Waals surface area contributed by atoms with Crippen molar-refractivity contribution >= 4 is 27.5 Å². The van der Waals surface area contributed by atoms with Crippen molar-refractivity contribution in [3.05, 3.63) is 58.6 Å². The van der Waals surface area contributed by atoms with Crippen LogP contribution in [-0.4, -0.2) is 57.6 Å². The van der Waals surface area contributed by atoms with Gasteiger partial charge in [-0.3, -0.25) is 4.79 Å². The fraction of sp³-hybridized carbons (Fsp3) is 0.435. The second-order valence-electron chi connectivity index (χ2n) is 7.93. The van der Waals surface area contributed by atoms with E-state index in [0.717, 1.165) is 24.2 Å². The van der Waals surface area contributed by atoms with Gasteiger partial charge in [0, 0.05) is 25.2 Å². The zero-order valence-corrected chi connectivity index (χ0v) is 20.1. The molecule has 0 spiro atoms. The quantitative estimate of drug-likeness (QED) is 0.584. The number of nitrogens with zero attached hydrogens (tertiary/aromatic N) is 1. The number of amides is 1. The predicted molar refractivity (Wildman–Crippen MR) is 124 cm³/mol. The highest BCUT2D eigenvalue weighted by Crippen LogP contribution is 2.28. The summed E-state index contributed by atoms with van der Waals surface area (Å²) in [6, 6.07) is 12.1. The van der Waals surface area contributed by atoms with Gasteiger partial charge in [0.25, 0.3) is 5.91 Å². The maximum absolute atomic E-state index is 13.2. The highest BCUT2D eigenvalue weighted by atomic mass is 35.5. The lowest BCUT2D eigenvalue weighted by molar-refractivity contribution is -0.0440. The SMILES string of the molecule is COc1ccc(CCCNC(=O)c2ccc(Cl)c(S(=O)(=O)N3CC(C)OC(C)C3)c2)cc1. The van der Waals surface area contributed by atoms with E-state index in [9.17, 15) is 13.2 Å². The van der Waals surface area contributed by atoms with Crippen molar-refractivity contribution in [3.8, 4) is 5.75 Å². The van der Waals surface area contributed by atoms with Crippen molar-refractivity contribution in [1.82, 2.24) is 9.62 Å². The molecule has 174 valence electrons. The van der Waals surface area contributed by atoms with Crippen LogP contribution in [0.3, 0.4) is 0 Å². The topological polar surface area (TPSA) is 84.9 Å². The lowest BCUT2D eigenvalue weighted by Gasteiger charge is -2.34. The van der Waals surface area contributed by atoms with E-state index in [4.69, 9.17) is 21.1 Å². The molecule has 1 heterocycles. The number of hydrogen-bond acceptors (Lipinski definition) is 5. The lowest BCUT2D eigenvalue weighted by Crippen LogP contribution is -2.48. The first-order valence-corrected chi connectivity index (χ1v) is 12.4. The first-order valence-electron chi connectivity index (χ1n) is 10.6. The van der Waals surface area contributed by atoms with Gasteiger partial charge in [0.2, 0.25) is 10.0 Å². The van der Waals surface area contributed by atoms with Crippen LogP contribution >= 0.6 is 11.6 Å². The molecular formula is C23H29ClN2O5S. The number of carbonyl (C=O) groups excluding carboxylic acids is 1. The standard InChI is InChI=1S/C23H29ClN2O5S/c1-16-14-26(15-17(2)31-16)32(28,29)22-13-19(8-11-21(22)24)23(27)25-12-4-5-18-6-9-20(30-3)10-7-18/h6-11,13,16-17H,4-5,12,14-15H2,1-3H3,(H,25,27). The van der Waals surface area contributed by atoms with E-state index in [0.29, 0.717) is 6.54 Å². The van der Waals surface area contributed by atoms with E-state index in [1.807, 2.05) is 38.1 Å². The van der Waals surface area contributed by atoms with Crippen molar-refractivity contribution < 1.29 is 22.7 Å². The molecule has 32 heavy (non-hydrogen) atoms. The molecule has 1 saturated heterocycles. The molecule has 2 atom stereocenters. The maximum Gasteiger partial charge on any atom is 0.251 e. The Morgan fingerprint density at radius 3 is 2.44 bits per heavy atom. The summed E-state index contributed by atoms with van der Waals surface area (Å²) in [6.07, 6.45) is 1.12. The summed E-state index contributed by atoms with van der Waals surface area (Å²) in [4.78, 5) is 12.5. The fourth-order valence-corrected chi connectivity index (χ4v) is 5.79. The molecule has 0 radical (unpaired) electrons. The van der Waals surface area contributed by atoms with Crippen LogP contribution < -0.4 is 10.1 Å². The second kappa shape index (κ2) is 10.7. The van der Waals surface area contributed by atoms with E-state index < -0.39 is 10.0 Å². The Labute approximate surface area is 194 Å². The maximum atomic E-state index is 13.2. The summed E-state index contributed by atoms with van der Waals surface area (Å²) in [5.74, 6) is 0.466. The minimum absolute atomic E-state index is 0.0636. The molecule has 0 aliphatic carbocycles. The molecule has 7 nitrogen and oxygen atoms in total. The number of sulfonamides is 1. The van der Waals surface area contributed by atoms with Gasteiger partial charge in [0.15, 0.2) is 0 Å². The van der Waals surface area contributed by atoms with E-state index >= 15 is 0 Å². The summed E-state index contributed by atoms with van der Waals surface area (Å²) < 4.78 is 38.5. The monoisotopic (exact) mass is 480 g/mol. The minimum Gasteiger partial charge on any atom is -0.497 e. The molecule has 1 aliphatic heterocycles. The Morgan fingerprint density at radius 1 is 1.16 bits per heavy atom. The van der Waals surface area contributed by atoms with Gasteiger partial charge in [-0.25, -0.2) is 8.42 Å². The van der Waals surface area contributed by atoms with E-state index in [2.05, 4.69) is 5.32 Å².